The topological polar surface area (TPSA) is 80.4 Å². The molecule has 1 aromatic heterocycles. The van der Waals surface area contributed by atoms with E-state index in [4.69, 9.17) is 10.7 Å². The molecule has 0 radical (unpaired) electrons. The number of nitrogens with two attached hydrogens (primary N) is 1. The minimum absolute atomic E-state index is 0.232. The first-order valence-electron chi connectivity index (χ1n) is 9.69. The van der Waals surface area contributed by atoms with Crippen LogP contribution < -0.4 is 11.1 Å². The van der Waals surface area contributed by atoms with Crippen LogP contribution in [0.25, 0.3) is 0 Å². The molecule has 2 aromatic rings. The second-order valence-electron chi connectivity index (χ2n) is 7.49. The van der Waals surface area contributed by atoms with Crippen molar-refractivity contribution < 1.29 is 9.18 Å². The molecule has 1 aromatic carbocycles. The summed E-state index contributed by atoms with van der Waals surface area (Å²) in [5.74, 6) is 0.428. The molecular formula is C21H22BrFN4OS. The molecule has 1 amide bonds. The van der Waals surface area contributed by atoms with Gasteiger partial charge in [-0.25, -0.2) is 9.37 Å². The van der Waals surface area contributed by atoms with Gasteiger partial charge in [-0.05, 0) is 65.0 Å². The van der Waals surface area contributed by atoms with Crippen molar-refractivity contribution in [3.8, 4) is 0 Å². The average Bonchev–Trinajstić information content (AvgIpc) is 2.92. The fourth-order valence-corrected chi connectivity index (χ4v) is 5.52. The van der Waals surface area contributed by atoms with E-state index in [0.717, 1.165) is 42.3 Å². The molecule has 8 heteroatoms. The van der Waals surface area contributed by atoms with Crippen LogP contribution in [0, 0.1) is 11.7 Å². The minimum atomic E-state index is -0.660. The largest absolute Gasteiger partial charge is 0.379 e. The number of hydrogen-bond donors (Lipinski definition) is 2. The molecule has 4 rings (SSSR count). The quantitative estimate of drug-likeness (QED) is 0.647. The maximum Gasteiger partial charge on any atom is 0.274 e. The van der Waals surface area contributed by atoms with E-state index >= 15 is 4.39 Å². The highest BCUT2D eigenvalue weighted by Crippen LogP contribution is 2.49. The third kappa shape index (κ3) is 4.19. The number of amides is 1. The molecule has 3 N–H and O–H groups in total. The van der Waals surface area contributed by atoms with Crippen LogP contribution in [-0.2, 0) is 5.54 Å². The van der Waals surface area contributed by atoms with Crippen LogP contribution in [0.1, 0.15) is 48.2 Å². The average molecular weight is 477 g/mol. The Hall–Kier alpha value is -1.93. The van der Waals surface area contributed by atoms with E-state index in [2.05, 4.69) is 26.2 Å². The number of amidine groups is 1. The van der Waals surface area contributed by atoms with Crippen LogP contribution in [0.3, 0.4) is 0 Å². The highest BCUT2D eigenvalue weighted by atomic mass is 79.9. The number of benzene rings is 1. The molecule has 152 valence electrons. The van der Waals surface area contributed by atoms with E-state index in [1.54, 1.807) is 42.2 Å². The van der Waals surface area contributed by atoms with Crippen molar-refractivity contribution in [1.82, 2.24) is 4.98 Å². The van der Waals surface area contributed by atoms with Gasteiger partial charge in [-0.1, -0.05) is 31.0 Å². The zero-order valence-electron chi connectivity index (χ0n) is 15.8. The Morgan fingerprint density at radius 3 is 2.93 bits per heavy atom. The van der Waals surface area contributed by atoms with Crippen molar-refractivity contribution in [2.24, 2.45) is 16.6 Å². The van der Waals surface area contributed by atoms with Crippen LogP contribution in [0.2, 0.25) is 0 Å². The number of halogens is 2. The molecule has 1 saturated carbocycles. The number of nitrogens with zero attached hydrogens (tertiary/aromatic N) is 2. The fourth-order valence-electron chi connectivity index (χ4n) is 4.24. The zero-order chi connectivity index (χ0) is 20.4. The molecule has 2 aliphatic rings. The summed E-state index contributed by atoms with van der Waals surface area (Å²) in [6, 6.07) is 8.08. The number of nitrogens with one attached hydrogen (secondary N) is 1. The Bertz CT molecular complexity index is 952. The minimum Gasteiger partial charge on any atom is -0.379 e. The number of carbonyl (C=O) groups excluding carboxylic acids is 1. The molecule has 2 heterocycles. The molecule has 1 fully saturated rings. The van der Waals surface area contributed by atoms with E-state index in [-0.39, 0.29) is 17.6 Å². The molecule has 0 saturated heterocycles. The van der Waals surface area contributed by atoms with Crippen LogP contribution in [0.4, 0.5) is 10.1 Å². The second kappa shape index (κ2) is 8.44. The van der Waals surface area contributed by atoms with Crippen molar-refractivity contribution in [2.75, 3.05) is 11.1 Å². The molecular weight excluding hydrogens is 455 g/mol. The predicted molar refractivity (Wildman–Crippen MR) is 119 cm³/mol. The summed E-state index contributed by atoms with van der Waals surface area (Å²) >= 11 is 4.85. The maximum atomic E-state index is 15.0. The first-order valence-corrected chi connectivity index (χ1v) is 11.5. The van der Waals surface area contributed by atoms with E-state index in [0.29, 0.717) is 22.1 Å². The third-order valence-corrected chi connectivity index (χ3v) is 7.10. The number of aliphatic imine (C=N–C) groups is 1. The van der Waals surface area contributed by atoms with Crippen molar-refractivity contribution >= 4 is 44.5 Å². The van der Waals surface area contributed by atoms with E-state index in [1.807, 2.05) is 0 Å². The smallest absolute Gasteiger partial charge is 0.274 e. The van der Waals surface area contributed by atoms with E-state index in [1.165, 1.54) is 6.07 Å². The van der Waals surface area contributed by atoms with Gasteiger partial charge >= 0.3 is 0 Å². The maximum absolute atomic E-state index is 15.0. The number of pyridine rings is 1. The second-order valence-corrected chi connectivity index (χ2v) is 9.45. The van der Waals surface area contributed by atoms with E-state index in [9.17, 15) is 4.79 Å². The SMILES string of the molecule is NC1=NC2(c3cc(NC(=O)c4ccc(Br)cn4)ccc3F)CCCCCC2CS1. The summed E-state index contributed by atoms with van der Waals surface area (Å²) in [4.78, 5) is 21.5. The lowest BCUT2D eigenvalue weighted by Crippen LogP contribution is -2.40. The van der Waals surface area contributed by atoms with Gasteiger partial charge in [0.2, 0.25) is 0 Å². The molecule has 5 nitrogen and oxygen atoms in total. The number of hydrogen-bond acceptors (Lipinski definition) is 5. The number of rotatable bonds is 3. The summed E-state index contributed by atoms with van der Waals surface area (Å²) in [5.41, 5.74) is 6.76. The third-order valence-electron chi connectivity index (χ3n) is 5.68. The van der Waals surface area contributed by atoms with Gasteiger partial charge in [0.15, 0.2) is 5.17 Å². The standard InChI is InChI=1S/C21H22BrFN4OS/c22-14-5-8-18(25-11-14)19(28)26-15-6-7-17(23)16(10-15)21-9-3-1-2-4-13(21)12-29-20(24)27-21/h5-8,10-11,13H,1-4,9,12H2,(H2,24,27)(H,26,28). The lowest BCUT2D eigenvalue weighted by atomic mass is 9.75. The Labute approximate surface area is 181 Å². The lowest BCUT2D eigenvalue weighted by molar-refractivity contribution is 0.102. The molecule has 2 unspecified atom stereocenters. The van der Waals surface area contributed by atoms with Crippen LogP contribution in [-0.4, -0.2) is 21.8 Å². The lowest BCUT2D eigenvalue weighted by Gasteiger charge is -2.40. The summed E-state index contributed by atoms with van der Waals surface area (Å²) in [6.45, 7) is 0. The Morgan fingerprint density at radius 2 is 2.14 bits per heavy atom. The van der Waals surface area contributed by atoms with Crippen molar-refractivity contribution in [3.63, 3.8) is 0 Å². The van der Waals surface area contributed by atoms with Gasteiger partial charge in [0, 0.05) is 27.7 Å². The Morgan fingerprint density at radius 1 is 1.28 bits per heavy atom. The first kappa shape index (κ1) is 20.3. The summed E-state index contributed by atoms with van der Waals surface area (Å²) < 4.78 is 15.8. The van der Waals surface area contributed by atoms with Gasteiger partial charge in [0.25, 0.3) is 5.91 Å². The summed E-state index contributed by atoms with van der Waals surface area (Å²) in [6.07, 6.45) is 6.56. The van der Waals surface area contributed by atoms with Crippen molar-refractivity contribution in [2.45, 2.75) is 37.6 Å². The van der Waals surface area contributed by atoms with Gasteiger partial charge in [-0.3, -0.25) is 9.79 Å². The molecule has 29 heavy (non-hydrogen) atoms. The van der Waals surface area contributed by atoms with Gasteiger partial charge in [-0.2, -0.15) is 0 Å². The number of thioether (sulfide) groups is 1. The summed E-state index contributed by atoms with van der Waals surface area (Å²) in [5, 5.41) is 3.35. The van der Waals surface area contributed by atoms with Gasteiger partial charge in [0.05, 0.1) is 5.54 Å². The normalized spacial score (nSPS) is 24.2. The van der Waals surface area contributed by atoms with Crippen molar-refractivity contribution in [3.05, 3.63) is 58.1 Å². The van der Waals surface area contributed by atoms with E-state index < -0.39 is 5.54 Å². The zero-order valence-corrected chi connectivity index (χ0v) is 18.2. The van der Waals surface area contributed by atoms with Crippen molar-refractivity contribution in [1.29, 1.82) is 0 Å². The first-order chi connectivity index (χ1) is 14.0. The molecule has 1 aliphatic heterocycles. The van der Waals surface area contributed by atoms with Crippen LogP contribution >= 0.6 is 27.7 Å². The predicted octanol–water partition coefficient (Wildman–Crippen LogP) is 5.07. The highest BCUT2D eigenvalue weighted by Gasteiger charge is 2.45. The Kier molecular flexibility index (Phi) is 5.92. The molecule has 0 spiro atoms. The number of carbonyl (C=O) groups is 1. The fraction of sp³-hybridized carbons (Fsp3) is 0.381. The summed E-state index contributed by atoms with van der Waals surface area (Å²) in [7, 11) is 0. The molecule has 2 atom stereocenters. The molecule has 0 bridgehead atoms. The number of anilines is 1. The van der Waals surface area contributed by atoms with Gasteiger partial charge in [0.1, 0.15) is 11.5 Å². The number of aromatic nitrogens is 1. The Balaban J connectivity index is 1.69. The monoisotopic (exact) mass is 476 g/mol. The van der Waals surface area contributed by atoms with Crippen LogP contribution in [0.15, 0.2) is 46.0 Å². The van der Waals surface area contributed by atoms with Crippen LogP contribution in [0.5, 0.6) is 0 Å². The molecule has 1 aliphatic carbocycles. The highest BCUT2D eigenvalue weighted by molar-refractivity contribution is 9.10. The van der Waals surface area contributed by atoms with Gasteiger partial charge in [-0.15, -0.1) is 0 Å². The number of fused-ring (bicyclic) bond motifs is 1. The van der Waals surface area contributed by atoms with Gasteiger partial charge < -0.3 is 11.1 Å².